The van der Waals surface area contributed by atoms with Crippen molar-refractivity contribution in [2.75, 3.05) is 0 Å². The highest BCUT2D eigenvalue weighted by Gasteiger charge is 2.29. The molecule has 0 bridgehead atoms. The normalized spacial score (nSPS) is 12.0. The molecule has 0 aliphatic rings. The maximum absolute atomic E-state index is 12.5. The number of halogens is 3. The zero-order chi connectivity index (χ0) is 8.48. The van der Waals surface area contributed by atoms with Crippen molar-refractivity contribution in [3.05, 3.63) is 10.0 Å². The van der Waals surface area contributed by atoms with Crippen LogP contribution in [0.5, 0.6) is 0 Å². The lowest BCUT2D eigenvalue weighted by molar-refractivity contribution is 0.0165. The van der Waals surface area contributed by atoms with Crippen LogP contribution in [0.3, 0.4) is 0 Å². The quantitative estimate of drug-likeness (QED) is 0.682. The maximum Gasteiger partial charge on any atom is 0.298 e. The SMILES string of the molecule is CC(F)(F)c1nnc(CCl)s1. The molecule has 0 aromatic carbocycles. The standard InChI is InChI=1S/C5H5ClF2N2S/c1-5(7,8)4-10-9-3(2-6)11-4/h2H2,1H3. The first-order valence-corrected chi connectivity index (χ1v) is 4.16. The lowest BCUT2D eigenvalue weighted by Gasteiger charge is -2.02. The van der Waals surface area contributed by atoms with Gasteiger partial charge >= 0.3 is 0 Å². The van der Waals surface area contributed by atoms with E-state index >= 15 is 0 Å². The highest BCUT2D eigenvalue weighted by molar-refractivity contribution is 7.11. The number of nitrogens with zero attached hydrogens (tertiary/aromatic N) is 2. The van der Waals surface area contributed by atoms with Gasteiger partial charge in [0.1, 0.15) is 5.01 Å². The predicted octanol–water partition coefficient (Wildman–Crippen LogP) is 2.39. The molecule has 1 heterocycles. The van der Waals surface area contributed by atoms with Crippen molar-refractivity contribution in [1.82, 2.24) is 10.2 Å². The van der Waals surface area contributed by atoms with Crippen molar-refractivity contribution in [2.45, 2.75) is 18.7 Å². The monoisotopic (exact) mass is 198 g/mol. The van der Waals surface area contributed by atoms with Crippen LogP contribution in [-0.2, 0) is 11.8 Å². The Balaban J connectivity index is 2.89. The largest absolute Gasteiger partial charge is 0.298 e. The van der Waals surface area contributed by atoms with E-state index in [0.29, 0.717) is 5.01 Å². The van der Waals surface area contributed by atoms with Gasteiger partial charge in [-0.3, -0.25) is 0 Å². The Bertz CT molecular complexity index is 245. The van der Waals surface area contributed by atoms with Gasteiger partial charge in [0.15, 0.2) is 5.01 Å². The van der Waals surface area contributed by atoms with Crippen LogP contribution in [0.1, 0.15) is 16.9 Å². The second-order valence-electron chi connectivity index (χ2n) is 2.02. The summed E-state index contributed by atoms with van der Waals surface area (Å²) in [6.45, 7) is 0.783. The first kappa shape index (κ1) is 8.80. The average Bonchev–Trinajstić information content (AvgIpc) is 2.32. The second-order valence-corrected chi connectivity index (χ2v) is 3.35. The second kappa shape index (κ2) is 2.98. The molecule has 1 aromatic heterocycles. The molecule has 6 heteroatoms. The summed E-state index contributed by atoms with van der Waals surface area (Å²) in [6.07, 6.45) is 0. The molecule has 0 aliphatic heterocycles. The molecule has 0 atom stereocenters. The van der Waals surface area contributed by atoms with Crippen molar-refractivity contribution in [2.24, 2.45) is 0 Å². The summed E-state index contributed by atoms with van der Waals surface area (Å²) in [5.41, 5.74) is 0. The van der Waals surface area contributed by atoms with Crippen molar-refractivity contribution < 1.29 is 8.78 Å². The molecular weight excluding hydrogens is 194 g/mol. The van der Waals surface area contributed by atoms with E-state index in [2.05, 4.69) is 10.2 Å². The van der Waals surface area contributed by atoms with Crippen LogP contribution >= 0.6 is 22.9 Å². The van der Waals surface area contributed by atoms with E-state index in [9.17, 15) is 8.78 Å². The van der Waals surface area contributed by atoms with Gasteiger partial charge in [0.05, 0.1) is 5.88 Å². The lowest BCUT2D eigenvalue weighted by atomic mass is 10.4. The summed E-state index contributed by atoms with van der Waals surface area (Å²) < 4.78 is 24.9. The Morgan fingerprint density at radius 3 is 2.45 bits per heavy atom. The topological polar surface area (TPSA) is 25.8 Å². The molecule has 0 unspecified atom stereocenters. The van der Waals surface area contributed by atoms with Crippen molar-refractivity contribution in [1.29, 1.82) is 0 Å². The Morgan fingerprint density at radius 2 is 2.18 bits per heavy atom. The first-order valence-electron chi connectivity index (χ1n) is 2.80. The minimum absolute atomic E-state index is 0.133. The van der Waals surface area contributed by atoms with Crippen LogP contribution < -0.4 is 0 Å². The Morgan fingerprint density at radius 1 is 1.55 bits per heavy atom. The fourth-order valence-corrected chi connectivity index (χ4v) is 1.32. The van der Waals surface area contributed by atoms with E-state index in [-0.39, 0.29) is 10.9 Å². The summed E-state index contributed by atoms with van der Waals surface area (Å²) >= 11 is 6.19. The van der Waals surface area contributed by atoms with Crippen molar-refractivity contribution >= 4 is 22.9 Å². The van der Waals surface area contributed by atoms with Gasteiger partial charge < -0.3 is 0 Å². The number of hydrogen-bond acceptors (Lipinski definition) is 3. The van der Waals surface area contributed by atoms with E-state index in [1.807, 2.05) is 0 Å². The number of hydrogen-bond donors (Lipinski definition) is 0. The van der Waals surface area contributed by atoms with Gasteiger partial charge in [-0.05, 0) is 0 Å². The van der Waals surface area contributed by atoms with Crippen LogP contribution in [0.15, 0.2) is 0 Å². The molecule has 2 nitrogen and oxygen atoms in total. The van der Waals surface area contributed by atoms with E-state index < -0.39 is 5.92 Å². The third-order valence-corrected chi connectivity index (χ3v) is 2.46. The third kappa shape index (κ3) is 2.07. The summed E-state index contributed by atoms with van der Waals surface area (Å²) in [4.78, 5) is 0. The van der Waals surface area contributed by atoms with Gasteiger partial charge in [0, 0.05) is 6.92 Å². The van der Waals surface area contributed by atoms with Gasteiger partial charge in [-0.15, -0.1) is 21.8 Å². The highest BCUT2D eigenvalue weighted by atomic mass is 35.5. The number of rotatable bonds is 2. The molecule has 0 radical (unpaired) electrons. The lowest BCUT2D eigenvalue weighted by Crippen LogP contribution is -2.05. The van der Waals surface area contributed by atoms with E-state index in [4.69, 9.17) is 11.6 Å². The molecule has 0 saturated carbocycles. The molecule has 11 heavy (non-hydrogen) atoms. The molecule has 0 N–H and O–H groups in total. The van der Waals surface area contributed by atoms with Crippen LogP contribution in [0.25, 0.3) is 0 Å². The average molecular weight is 199 g/mol. The zero-order valence-corrected chi connectivity index (χ0v) is 7.22. The fraction of sp³-hybridized carbons (Fsp3) is 0.600. The van der Waals surface area contributed by atoms with E-state index in [0.717, 1.165) is 18.3 Å². The number of aromatic nitrogens is 2. The van der Waals surface area contributed by atoms with Crippen LogP contribution in [0, 0.1) is 0 Å². The molecule has 62 valence electrons. The minimum atomic E-state index is -2.90. The molecule has 1 aromatic rings. The smallest absolute Gasteiger partial charge is 0.199 e. The van der Waals surface area contributed by atoms with Crippen LogP contribution in [0.4, 0.5) is 8.78 Å². The summed E-state index contributed by atoms with van der Waals surface area (Å²) in [5, 5.41) is 6.89. The van der Waals surface area contributed by atoms with Crippen LogP contribution in [0.2, 0.25) is 0 Å². The maximum atomic E-state index is 12.5. The summed E-state index contributed by atoms with van der Waals surface area (Å²) in [7, 11) is 0. The molecule has 1 rings (SSSR count). The van der Waals surface area contributed by atoms with Gasteiger partial charge in [0.2, 0.25) is 0 Å². The van der Waals surface area contributed by atoms with Crippen molar-refractivity contribution in [3.63, 3.8) is 0 Å². The highest BCUT2D eigenvalue weighted by Crippen LogP contribution is 2.29. The molecule has 0 fully saturated rings. The van der Waals surface area contributed by atoms with Gasteiger partial charge in [-0.1, -0.05) is 11.3 Å². The Labute approximate surface area is 71.2 Å². The number of alkyl halides is 3. The van der Waals surface area contributed by atoms with Crippen molar-refractivity contribution in [3.8, 4) is 0 Å². The minimum Gasteiger partial charge on any atom is -0.199 e. The molecule has 0 aliphatic carbocycles. The first-order chi connectivity index (χ1) is 5.04. The molecular formula is C5H5ClF2N2S. The Hall–Kier alpha value is -0.290. The third-order valence-electron chi connectivity index (χ3n) is 0.957. The molecule has 0 saturated heterocycles. The van der Waals surface area contributed by atoms with Gasteiger partial charge in [-0.2, -0.15) is 8.78 Å². The molecule has 0 spiro atoms. The van der Waals surface area contributed by atoms with Gasteiger partial charge in [0.25, 0.3) is 5.92 Å². The van der Waals surface area contributed by atoms with E-state index in [1.54, 1.807) is 0 Å². The zero-order valence-electron chi connectivity index (χ0n) is 5.64. The summed E-state index contributed by atoms with van der Waals surface area (Å²) in [6, 6.07) is 0. The predicted molar refractivity (Wildman–Crippen MR) is 39.0 cm³/mol. The van der Waals surface area contributed by atoms with Crippen LogP contribution in [-0.4, -0.2) is 10.2 Å². The Kier molecular flexibility index (Phi) is 2.39. The van der Waals surface area contributed by atoms with Gasteiger partial charge in [-0.25, -0.2) is 0 Å². The van der Waals surface area contributed by atoms with E-state index in [1.165, 1.54) is 0 Å². The molecule has 0 amide bonds. The fourth-order valence-electron chi connectivity index (χ4n) is 0.485. The summed E-state index contributed by atoms with van der Waals surface area (Å²) in [5.74, 6) is -2.77.